The maximum atomic E-state index is 12.2. The van der Waals surface area contributed by atoms with Crippen LogP contribution in [0.5, 0.6) is 11.5 Å². The van der Waals surface area contributed by atoms with Crippen LogP contribution >= 0.6 is 11.6 Å². The number of fused-ring (bicyclic) bond motifs is 2. The zero-order valence-electron chi connectivity index (χ0n) is 13.9. The van der Waals surface area contributed by atoms with Crippen molar-refractivity contribution in [3.8, 4) is 11.5 Å². The van der Waals surface area contributed by atoms with Crippen LogP contribution in [0.25, 0.3) is 17.2 Å². The first-order valence-corrected chi connectivity index (χ1v) is 8.42. The fourth-order valence-electron chi connectivity index (χ4n) is 2.70. The standard InChI is InChI=1S/C19H15ClN2O4/c1-11-21-15-10-13(3-4-16(15)26-11)22-18(23)5-2-12-8-14(20)19-17(9-12)24-6-7-25-19/h2-5,8-10H,6-7H2,1H3,(H,22,23). The van der Waals surface area contributed by atoms with E-state index in [2.05, 4.69) is 10.3 Å². The second-order valence-corrected chi connectivity index (χ2v) is 6.17. The number of carbonyl (C=O) groups is 1. The molecule has 6 nitrogen and oxygen atoms in total. The number of amides is 1. The monoisotopic (exact) mass is 370 g/mol. The Morgan fingerprint density at radius 2 is 2.08 bits per heavy atom. The molecule has 26 heavy (non-hydrogen) atoms. The maximum Gasteiger partial charge on any atom is 0.248 e. The molecule has 0 saturated carbocycles. The topological polar surface area (TPSA) is 73.6 Å². The third kappa shape index (κ3) is 3.36. The summed E-state index contributed by atoms with van der Waals surface area (Å²) in [7, 11) is 0. The van der Waals surface area contributed by atoms with Crippen LogP contribution in [0.2, 0.25) is 5.02 Å². The molecule has 0 radical (unpaired) electrons. The predicted molar refractivity (Wildman–Crippen MR) is 98.9 cm³/mol. The highest BCUT2D eigenvalue weighted by atomic mass is 35.5. The number of nitrogens with one attached hydrogen (secondary N) is 1. The van der Waals surface area contributed by atoms with Crippen LogP contribution < -0.4 is 14.8 Å². The number of nitrogens with zero attached hydrogens (tertiary/aromatic N) is 1. The van der Waals surface area contributed by atoms with E-state index < -0.39 is 0 Å². The molecular weight excluding hydrogens is 356 g/mol. The molecule has 0 spiro atoms. The molecule has 132 valence electrons. The molecule has 0 atom stereocenters. The highest BCUT2D eigenvalue weighted by molar-refractivity contribution is 6.32. The van der Waals surface area contributed by atoms with Gasteiger partial charge in [0.05, 0.1) is 5.02 Å². The Kier molecular flexibility index (Phi) is 4.26. The van der Waals surface area contributed by atoms with E-state index in [0.717, 1.165) is 5.56 Å². The molecule has 2 aromatic carbocycles. The smallest absolute Gasteiger partial charge is 0.248 e. The number of carbonyl (C=O) groups excluding carboxylic acids is 1. The van der Waals surface area contributed by atoms with Crippen molar-refractivity contribution in [1.29, 1.82) is 0 Å². The molecule has 0 aliphatic carbocycles. The second-order valence-electron chi connectivity index (χ2n) is 5.76. The third-order valence-electron chi connectivity index (χ3n) is 3.81. The van der Waals surface area contributed by atoms with Crippen LogP contribution in [0, 0.1) is 6.92 Å². The molecule has 1 N–H and O–H groups in total. The van der Waals surface area contributed by atoms with Gasteiger partial charge in [-0.1, -0.05) is 11.6 Å². The number of rotatable bonds is 3. The summed E-state index contributed by atoms with van der Waals surface area (Å²) in [5.41, 5.74) is 2.77. The number of oxazole rings is 1. The van der Waals surface area contributed by atoms with Crippen LogP contribution in [-0.2, 0) is 4.79 Å². The van der Waals surface area contributed by atoms with Gasteiger partial charge < -0.3 is 19.2 Å². The molecule has 0 saturated heterocycles. The van der Waals surface area contributed by atoms with Crippen molar-refractivity contribution in [2.75, 3.05) is 18.5 Å². The van der Waals surface area contributed by atoms with Crippen LogP contribution in [0.4, 0.5) is 5.69 Å². The number of halogens is 1. The van der Waals surface area contributed by atoms with E-state index in [0.29, 0.717) is 52.4 Å². The maximum absolute atomic E-state index is 12.2. The van der Waals surface area contributed by atoms with E-state index >= 15 is 0 Å². The molecule has 4 rings (SSSR count). The number of benzene rings is 2. The summed E-state index contributed by atoms with van der Waals surface area (Å²) in [5, 5.41) is 3.25. The van der Waals surface area contributed by atoms with E-state index in [4.69, 9.17) is 25.5 Å². The lowest BCUT2D eigenvalue weighted by Gasteiger charge is -2.19. The molecule has 0 fully saturated rings. The fourth-order valence-corrected chi connectivity index (χ4v) is 2.98. The first-order valence-electron chi connectivity index (χ1n) is 8.04. The first kappa shape index (κ1) is 16.5. The number of hydrogen-bond donors (Lipinski definition) is 1. The van der Waals surface area contributed by atoms with Gasteiger partial charge in [-0.15, -0.1) is 0 Å². The van der Waals surface area contributed by atoms with E-state index in [9.17, 15) is 4.79 Å². The number of aromatic nitrogens is 1. The molecule has 1 aromatic heterocycles. The Morgan fingerprint density at radius 3 is 2.96 bits per heavy atom. The summed E-state index contributed by atoms with van der Waals surface area (Å²) < 4.78 is 16.4. The van der Waals surface area contributed by atoms with Crippen molar-refractivity contribution in [3.05, 3.63) is 52.9 Å². The number of ether oxygens (including phenoxy) is 2. The minimum Gasteiger partial charge on any atom is -0.486 e. The van der Waals surface area contributed by atoms with Gasteiger partial charge in [0.2, 0.25) is 5.91 Å². The van der Waals surface area contributed by atoms with Crippen LogP contribution in [0.3, 0.4) is 0 Å². The van der Waals surface area contributed by atoms with E-state index in [1.54, 1.807) is 43.3 Å². The van der Waals surface area contributed by atoms with E-state index in [-0.39, 0.29) is 5.91 Å². The summed E-state index contributed by atoms with van der Waals surface area (Å²) in [6.45, 7) is 2.72. The van der Waals surface area contributed by atoms with Crippen molar-refractivity contribution >= 4 is 40.4 Å². The predicted octanol–water partition coefficient (Wildman–Crippen LogP) is 4.21. The second kappa shape index (κ2) is 6.72. The lowest BCUT2D eigenvalue weighted by molar-refractivity contribution is -0.111. The Morgan fingerprint density at radius 1 is 1.23 bits per heavy atom. The third-order valence-corrected chi connectivity index (χ3v) is 4.09. The summed E-state index contributed by atoms with van der Waals surface area (Å²) in [6.07, 6.45) is 3.10. The quantitative estimate of drug-likeness (QED) is 0.699. The highest BCUT2D eigenvalue weighted by Gasteiger charge is 2.16. The van der Waals surface area contributed by atoms with Gasteiger partial charge in [0.15, 0.2) is 23.0 Å². The van der Waals surface area contributed by atoms with Crippen molar-refractivity contribution in [3.63, 3.8) is 0 Å². The zero-order chi connectivity index (χ0) is 18.1. The van der Waals surface area contributed by atoms with Gasteiger partial charge in [-0.05, 0) is 42.0 Å². The summed E-state index contributed by atoms with van der Waals surface area (Å²) in [4.78, 5) is 16.4. The summed E-state index contributed by atoms with van der Waals surface area (Å²) >= 11 is 6.19. The van der Waals surface area contributed by atoms with Gasteiger partial charge in [0.1, 0.15) is 18.7 Å². The lowest BCUT2D eigenvalue weighted by Crippen LogP contribution is -2.15. The largest absolute Gasteiger partial charge is 0.486 e. The Labute approximate surface area is 154 Å². The molecule has 0 unspecified atom stereocenters. The molecular formula is C19H15ClN2O4. The lowest BCUT2D eigenvalue weighted by atomic mass is 10.1. The molecule has 7 heteroatoms. The summed E-state index contributed by atoms with van der Waals surface area (Å²) in [5.74, 6) is 1.43. The SMILES string of the molecule is Cc1nc2cc(NC(=O)C=Cc3cc(Cl)c4c(c3)OCCO4)ccc2o1. The van der Waals surface area contributed by atoms with Gasteiger partial charge in [-0.25, -0.2) is 4.98 Å². The fraction of sp³-hybridized carbons (Fsp3) is 0.158. The van der Waals surface area contributed by atoms with Gasteiger partial charge in [0, 0.05) is 18.7 Å². The number of hydrogen-bond acceptors (Lipinski definition) is 5. The van der Waals surface area contributed by atoms with Gasteiger partial charge in [-0.2, -0.15) is 0 Å². The Bertz CT molecular complexity index is 1030. The van der Waals surface area contributed by atoms with E-state index in [1.165, 1.54) is 6.08 Å². The molecule has 0 bridgehead atoms. The Balaban J connectivity index is 1.49. The molecule has 3 aromatic rings. The van der Waals surface area contributed by atoms with Gasteiger partial charge >= 0.3 is 0 Å². The van der Waals surface area contributed by atoms with Crippen molar-refractivity contribution in [2.24, 2.45) is 0 Å². The number of anilines is 1. The average molecular weight is 371 g/mol. The molecule has 1 aliphatic rings. The van der Waals surface area contributed by atoms with Crippen LogP contribution in [0.15, 0.2) is 40.8 Å². The first-order chi connectivity index (χ1) is 12.6. The highest BCUT2D eigenvalue weighted by Crippen LogP contribution is 2.38. The molecule has 1 aliphatic heterocycles. The molecule has 1 amide bonds. The summed E-state index contributed by atoms with van der Waals surface area (Å²) in [6, 6.07) is 8.81. The minimum atomic E-state index is -0.268. The Hall–Kier alpha value is -2.99. The van der Waals surface area contributed by atoms with Gasteiger partial charge in [-0.3, -0.25) is 4.79 Å². The van der Waals surface area contributed by atoms with Crippen molar-refractivity contribution in [2.45, 2.75) is 6.92 Å². The molecule has 2 heterocycles. The van der Waals surface area contributed by atoms with Gasteiger partial charge in [0.25, 0.3) is 0 Å². The van der Waals surface area contributed by atoms with Crippen LogP contribution in [-0.4, -0.2) is 24.1 Å². The number of aryl methyl sites for hydroxylation is 1. The van der Waals surface area contributed by atoms with E-state index in [1.807, 2.05) is 0 Å². The minimum absolute atomic E-state index is 0.268. The zero-order valence-corrected chi connectivity index (χ0v) is 14.7. The average Bonchev–Trinajstić information content (AvgIpc) is 2.99. The van der Waals surface area contributed by atoms with Crippen LogP contribution in [0.1, 0.15) is 11.5 Å². The van der Waals surface area contributed by atoms with Crippen molar-refractivity contribution in [1.82, 2.24) is 4.98 Å². The normalized spacial score (nSPS) is 13.3. The van der Waals surface area contributed by atoms with Crippen molar-refractivity contribution < 1.29 is 18.7 Å².